The minimum atomic E-state index is -0.341. The van der Waals surface area contributed by atoms with Gasteiger partial charge >= 0.3 is 0 Å². The van der Waals surface area contributed by atoms with Crippen molar-refractivity contribution in [2.75, 3.05) is 0 Å². The minimum absolute atomic E-state index is 0.240. The fourth-order valence-corrected chi connectivity index (χ4v) is 3.81. The first-order valence-corrected chi connectivity index (χ1v) is 7.11. The molecular formula is C16H16OS. The number of hydrogen-bond donors (Lipinski definition) is 1. The molecule has 0 bridgehead atoms. The zero-order valence-electron chi connectivity index (χ0n) is 10.3. The fourth-order valence-electron chi connectivity index (χ4n) is 2.51. The van der Waals surface area contributed by atoms with Crippen molar-refractivity contribution in [1.29, 1.82) is 0 Å². The van der Waals surface area contributed by atoms with Crippen LogP contribution in [0.2, 0.25) is 0 Å². The van der Waals surface area contributed by atoms with Gasteiger partial charge in [0.05, 0.1) is 6.10 Å². The summed E-state index contributed by atoms with van der Waals surface area (Å²) >= 11 is 1.78. The molecule has 2 aromatic rings. The normalized spacial score (nSPS) is 21.9. The first kappa shape index (κ1) is 11.8. The topological polar surface area (TPSA) is 20.2 Å². The van der Waals surface area contributed by atoms with Crippen LogP contribution in [0.5, 0.6) is 0 Å². The summed E-state index contributed by atoms with van der Waals surface area (Å²) < 4.78 is 0. The van der Waals surface area contributed by atoms with Crippen LogP contribution in [-0.2, 0) is 6.42 Å². The Bertz CT molecular complexity index is 565. The zero-order chi connectivity index (χ0) is 12.5. The van der Waals surface area contributed by atoms with E-state index in [2.05, 4.69) is 37.3 Å². The Kier molecular flexibility index (Phi) is 3.14. The molecule has 3 rings (SSSR count). The number of fused-ring (bicyclic) bond motifs is 1. The Morgan fingerprint density at radius 1 is 1.11 bits per heavy atom. The highest BCUT2D eigenvalue weighted by atomic mass is 32.2. The summed E-state index contributed by atoms with van der Waals surface area (Å²) in [6, 6.07) is 16.7. The quantitative estimate of drug-likeness (QED) is 0.883. The summed E-state index contributed by atoms with van der Waals surface area (Å²) in [5.41, 5.74) is 3.66. The van der Waals surface area contributed by atoms with E-state index in [1.165, 1.54) is 16.0 Å². The molecule has 1 aliphatic carbocycles. The van der Waals surface area contributed by atoms with Gasteiger partial charge in [-0.2, -0.15) is 0 Å². The van der Waals surface area contributed by atoms with Crippen molar-refractivity contribution >= 4 is 11.8 Å². The van der Waals surface area contributed by atoms with Crippen molar-refractivity contribution in [1.82, 2.24) is 0 Å². The van der Waals surface area contributed by atoms with Crippen molar-refractivity contribution in [3.8, 4) is 0 Å². The monoisotopic (exact) mass is 256 g/mol. The first-order valence-electron chi connectivity index (χ1n) is 6.23. The van der Waals surface area contributed by atoms with E-state index in [4.69, 9.17) is 0 Å². The van der Waals surface area contributed by atoms with Crippen molar-refractivity contribution < 1.29 is 5.11 Å². The largest absolute Gasteiger partial charge is 0.387 e. The summed E-state index contributed by atoms with van der Waals surface area (Å²) in [6.07, 6.45) is 0.613. The van der Waals surface area contributed by atoms with Crippen LogP contribution in [0.4, 0.5) is 0 Å². The van der Waals surface area contributed by atoms with E-state index in [1.807, 2.05) is 18.2 Å². The van der Waals surface area contributed by atoms with Crippen LogP contribution in [0.1, 0.15) is 22.8 Å². The maximum atomic E-state index is 10.4. The summed E-state index contributed by atoms with van der Waals surface area (Å²) in [7, 11) is 0. The van der Waals surface area contributed by atoms with Gasteiger partial charge in [0.2, 0.25) is 0 Å². The van der Waals surface area contributed by atoms with Gasteiger partial charge in [0.1, 0.15) is 0 Å². The molecule has 0 aromatic heterocycles. The highest BCUT2D eigenvalue weighted by molar-refractivity contribution is 8.00. The van der Waals surface area contributed by atoms with Gasteiger partial charge in [0, 0.05) is 10.1 Å². The van der Waals surface area contributed by atoms with E-state index in [1.54, 1.807) is 11.8 Å². The Hall–Kier alpha value is -1.25. The smallest absolute Gasteiger partial charge is 0.0917 e. The molecule has 92 valence electrons. The second-order valence-electron chi connectivity index (χ2n) is 4.82. The molecule has 2 aromatic carbocycles. The molecule has 2 heteroatoms. The third-order valence-electron chi connectivity index (χ3n) is 3.42. The SMILES string of the molecule is Cc1cccc(S[C@@H]2Cc3ccccc3[C@H]2O)c1. The summed E-state index contributed by atoms with van der Waals surface area (Å²) in [5, 5.41) is 10.6. The maximum Gasteiger partial charge on any atom is 0.0917 e. The fraction of sp³-hybridized carbons (Fsp3) is 0.250. The lowest BCUT2D eigenvalue weighted by atomic mass is 10.1. The lowest BCUT2D eigenvalue weighted by Gasteiger charge is -2.14. The van der Waals surface area contributed by atoms with Crippen LogP contribution in [0.25, 0.3) is 0 Å². The van der Waals surface area contributed by atoms with Crippen LogP contribution in [0.3, 0.4) is 0 Å². The second-order valence-corrected chi connectivity index (χ2v) is 6.13. The van der Waals surface area contributed by atoms with Crippen LogP contribution < -0.4 is 0 Å². The summed E-state index contributed by atoms with van der Waals surface area (Å²) in [6.45, 7) is 2.10. The number of aliphatic hydroxyl groups is 1. The highest BCUT2D eigenvalue weighted by Gasteiger charge is 2.31. The van der Waals surface area contributed by atoms with Crippen LogP contribution >= 0.6 is 11.8 Å². The Morgan fingerprint density at radius 2 is 1.94 bits per heavy atom. The average molecular weight is 256 g/mol. The molecule has 18 heavy (non-hydrogen) atoms. The highest BCUT2D eigenvalue weighted by Crippen LogP contribution is 2.41. The van der Waals surface area contributed by atoms with E-state index < -0.39 is 0 Å². The van der Waals surface area contributed by atoms with E-state index in [0.717, 1.165) is 12.0 Å². The van der Waals surface area contributed by atoms with Crippen LogP contribution in [-0.4, -0.2) is 10.4 Å². The standard InChI is InChI=1S/C16H16OS/c1-11-5-4-7-13(9-11)18-15-10-12-6-2-3-8-14(12)16(15)17/h2-9,15-17H,10H2,1H3/t15-,16-/m1/s1. The molecule has 0 spiro atoms. The summed E-state index contributed by atoms with van der Waals surface area (Å²) in [5.74, 6) is 0. The summed E-state index contributed by atoms with van der Waals surface area (Å²) in [4.78, 5) is 1.24. The number of rotatable bonds is 2. The molecule has 2 atom stereocenters. The number of hydrogen-bond acceptors (Lipinski definition) is 2. The van der Waals surface area contributed by atoms with E-state index >= 15 is 0 Å². The molecular weight excluding hydrogens is 240 g/mol. The average Bonchev–Trinajstić information content (AvgIpc) is 2.67. The number of aryl methyl sites for hydroxylation is 1. The van der Waals surface area contributed by atoms with E-state index in [9.17, 15) is 5.11 Å². The molecule has 0 aliphatic heterocycles. The zero-order valence-corrected chi connectivity index (χ0v) is 11.2. The molecule has 1 nitrogen and oxygen atoms in total. The third kappa shape index (κ3) is 2.18. The minimum Gasteiger partial charge on any atom is -0.387 e. The Labute approximate surface area is 112 Å². The van der Waals surface area contributed by atoms with Gasteiger partial charge in [-0.25, -0.2) is 0 Å². The lowest BCUT2D eigenvalue weighted by molar-refractivity contribution is 0.185. The molecule has 0 saturated heterocycles. The Morgan fingerprint density at radius 3 is 2.72 bits per heavy atom. The second kappa shape index (κ2) is 4.79. The molecule has 0 radical (unpaired) electrons. The van der Waals surface area contributed by atoms with Gasteiger partial charge in [-0.1, -0.05) is 42.0 Å². The molecule has 0 fully saturated rings. The van der Waals surface area contributed by atoms with Crippen LogP contribution in [0, 0.1) is 6.92 Å². The molecule has 0 heterocycles. The third-order valence-corrected chi connectivity index (χ3v) is 4.68. The predicted molar refractivity (Wildman–Crippen MR) is 75.9 cm³/mol. The molecule has 0 amide bonds. The van der Waals surface area contributed by atoms with Gasteiger partial charge in [-0.15, -0.1) is 11.8 Å². The van der Waals surface area contributed by atoms with Crippen molar-refractivity contribution in [3.05, 3.63) is 65.2 Å². The predicted octanol–water partition coefficient (Wildman–Crippen LogP) is 3.75. The van der Waals surface area contributed by atoms with Crippen molar-refractivity contribution in [3.63, 3.8) is 0 Å². The Balaban J connectivity index is 1.81. The van der Waals surface area contributed by atoms with E-state index in [0.29, 0.717) is 0 Å². The van der Waals surface area contributed by atoms with Crippen molar-refractivity contribution in [2.45, 2.75) is 29.6 Å². The van der Waals surface area contributed by atoms with Gasteiger partial charge < -0.3 is 5.11 Å². The van der Waals surface area contributed by atoms with Gasteiger partial charge in [-0.05, 0) is 36.6 Å². The molecule has 0 saturated carbocycles. The van der Waals surface area contributed by atoms with Gasteiger partial charge in [0.15, 0.2) is 0 Å². The van der Waals surface area contributed by atoms with Crippen molar-refractivity contribution in [2.24, 2.45) is 0 Å². The van der Waals surface area contributed by atoms with Crippen LogP contribution in [0.15, 0.2) is 53.4 Å². The lowest BCUT2D eigenvalue weighted by Crippen LogP contribution is -2.08. The molecule has 1 aliphatic rings. The molecule has 0 unspecified atom stereocenters. The van der Waals surface area contributed by atoms with Gasteiger partial charge in [0.25, 0.3) is 0 Å². The number of thioether (sulfide) groups is 1. The first-order chi connectivity index (χ1) is 8.74. The molecule has 1 N–H and O–H groups in total. The number of benzene rings is 2. The number of aliphatic hydroxyl groups excluding tert-OH is 1. The maximum absolute atomic E-state index is 10.4. The van der Waals surface area contributed by atoms with Gasteiger partial charge in [-0.3, -0.25) is 0 Å². The van der Waals surface area contributed by atoms with E-state index in [-0.39, 0.29) is 11.4 Å².